The Kier molecular flexibility index (Phi) is 4.97. The van der Waals surface area contributed by atoms with Crippen LogP contribution < -0.4 is 10.6 Å². The van der Waals surface area contributed by atoms with Crippen LogP contribution >= 0.6 is 11.6 Å². The molecule has 1 saturated heterocycles. The molecule has 5 nitrogen and oxygen atoms in total. The Hall–Kier alpha value is -2.25. The standard InChI is InChI=1S/C21H20ClFN2O3/c1-25-19-6-5-13(21(7-8-24)27-9-10-28-21)11-14(19)15(20(25)26)12-16-17(22)3-2-4-18(16)23/h2-6,11-12H,7-10,24H2,1H3/b15-12-. The van der Waals surface area contributed by atoms with Crippen LogP contribution in [0.5, 0.6) is 0 Å². The van der Waals surface area contributed by atoms with E-state index in [0.29, 0.717) is 37.3 Å². The highest BCUT2D eigenvalue weighted by molar-refractivity contribution is 6.37. The van der Waals surface area contributed by atoms with Gasteiger partial charge in [0.1, 0.15) is 5.82 Å². The fourth-order valence-electron chi connectivity index (χ4n) is 3.72. The second-order valence-corrected chi connectivity index (χ2v) is 7.19. The van der Waals surface area contributed by atoms with Crippen molar-refractivity contribution in [1.82, 2.24) is 0 Å². The van der Waals surface area contributed by atoms with Crippen LogP contribution in [-0.2, 0) is 20.1 Å². The zero-order valence-corrected chi connectivity index (χ0v) is 16.1. The normalized spacial score (nSPS) is 19.5. The van der Waals surface area contributed by atoms with Crippen molar-refractivity contribution in [2.24, 2.45) is 5.73 Å². The van der Waals surface area contributed by atoms with Crippen LogP contribution in [-0.4, -0.2) is 32.7 Å². The number of benzene rings is 2. The molecule has 2 aliphatic heterocycles. The van der Waals surface area contributed by atoms with E-state index in [1.807, 2.05) is 18.2 Å². The monoisotopic (exact) mass is 402 g/mol. The number of carbonyl (C=O) groups excluding carboxylic acids is 1. The average Bonchev–Trinajstić information content (AvgIpc) is 3.24. The Labute approximate surface area is 167 Å². The van der Waals surface area contributed by atoms with E-state index in [0.717, 1.165) is 11.3 Å². The second kappa shape index (κ2) is 7.29. The molecule has 2 N–H and O–H groups in total. The summed E-state index contributed by atoms with van der Waals surface area (Å²) in [6.07, 6.45) is 1.99. The minimum atomic E-state index is -0.922. The fraction of sp³-hybridized carbons (Fsp3) is 0.286. The van der Waals surface area contributed by atoms with Gasteiger partial charge in [0.15, 0.2) is 5.79 Å². The highest BCUT2D eigenvalue weighted by Crippen LogP contribution is 2.42. The van der Waals surface area contributed by atoms with Crippen molar-refractivity contribution in [2.75, 3.05) is 31.7 Å². The van der Waals surface area contributed by atoms with Crippen LogP contribution in [0, 0.1) is 5.82 Å². The zero-order valence-electron chi connectivity index (χ0n) is 15.4. The number of hydrogen-bond acceptors (Lipinski definition) is 4. The third kappa shape index (κ3) is 3.02. The molecular weight excluding hydrogens is 383 g/mol. The molecule has 2 heterocycles. The van der Waals surface area contributed by atoms with Gasteiger partial charge in [0.05, 0.1) is 23.9 Å². The SMILES string of the molecule is CN1C(=O)/C(=C\c2c(F)cccc2Cl)c2cc(C3(CCN)OCCO3)ccc21. The lowest BCUT2D eigenvalue weighted by Gasteiger charge is -2.28. The lowest BCUT2D eigenvalue weighted by molar-refractivity contribution is -0.168. The first kappa shape index (κ1) is 19.1. The Morgan fingerprint density at radius 3 is 2.71 bits per heavy atom. The Morgan fingerprint density at radius 1 is 1.29 bits per heavy atom. The first-order valence-corrected chi connectivity index (χ1v) is 9.41. The van der Waals surface area contributed by atoms with E-state index in [2.05, 4.69) is 0 Å². The van der Waals surface area contributed by atoms with Crippen molar-refractivity contribution in [3.63, 3.8) is 0 Å². The smallest absolute Gasteiger partial charge is 0.258 e. The quantitative estimate of drug-likeness (QED) is 0.794. The summed E-state index contributed by atoms with van der Waals surface area (Å²) in [6, 6.07) is 10.0. The predicted molar refractivity (Wildman–Crippen MR) is 106 cm³/mol. The largest absolute Gasteiger partial charge is 0.343 e. The molecule has 4 rings (SSSR count). The topological polar surface area (TPSA) is 64.8 Å². The molecule has 1 amide bonds. The van der Waals surface area contributed by atoms with Gasteiger partial charge in [-0.05, 0) is 36.9 Å². The summed E-state index contributed by atoms with van der Waals surface area (Å²) in [7, 11) is 1.68. The summed E-state index contributed by atoms with van der Waals surface area (Å²) >= 11 is 6.15. The first-order valence-electron chi connectivity index (χ1n) is 9.03. The molecule has 0 bridgehead atoms. The van der Waals surface area contributed by atoms with Gasteiger partial charge in [-0.2, -0.15) is 0 Å². The molecule has 0 aromatic heterocycles. The van der Waals surface area contributed by atoms with E-state index in [4.69, 9.17) is 26.8 Å². The van der Waals surface area contributed by atoms with Gasteiger partial charge in [0.2, 0.25) is 0 Å². The van der Waals surface area contributed by atoms with Gasteiger partial charge < -0.3 is 20.1 Å². The Balaban J connectivity index is 1.85. The highest BCUT2D eigenvalue weighted by Gasteiger charge is 2.40. The molecular formula is C21H20ClFN2O3. The molecule has 0 saturated carbocycles. The average molecular weight is 403 g/mol. The number of nitrogens with zero attached hydrogens (tertiary/aromatic N) is 1. The maximum Gasteiger partial charge on any atom is 0.258 e. The number of fused-ring (bicyclic) bond motifs is 1. The van der Waals surface area contributed by atoms with E-state index < -0.39 is 11.6 Å². The third-order valence-corrected chi connectivity index (χ3v) is 5.47. The van der Waals surface area contributed by atoms with Crippen molar-refractivity contribution in [2.45, 2.75) is 12.2 Å². The summed E-state index contributed by atoms with van der Waals surface area (Å²) < 4.78 is 26.0. The fourth-order valence-corrected chi connectivity index (χ4v) is 3.94. The van der Waals surface area contributed by atoms with E-state index in [1.54, 1.807) is 13.1 Å². The summed E-state index contributed by atoms with van der Waals surface area (Å²) in [5.41, 5.74) is 8.50. The van der Waals surface area contributed by atoms with Crippen LogP contribution in [0.25, 0.3) is 11.6 Å². The molecule has 2 aliphatic rings. The van der Waals surface area contributed by atoms with Crippen molar-refractivity contribution in [3.05, 3.63) is 63.9 Å². The van der Waals surface area contributed by atoms with Crippen LogP contribution in [0.2, 0.25) is 5.02 Å². The van der Waals surface area contributed by atoms with Gasteiger partial charge >= 0.3 is 0 Å². The molecule has 2 aromatic rings. The zero-order chi connectivity index (χ0) is 19.9. The maximum atomic E-state index is 14.3. The molecule has 0 radical (unpaired) electrons. The van der Waals surface area contributed by atoms with Crippen molar-refractivity contribution in [1.29, 1.82) is 0 Å². The van der Waals surface area contributed by atoms with Gasteiger partial charge in [-0.15, -0.1) is 0 Å². The number of halogens is 2. The van der Waals surface area contributed by atoms with Gasteiger partial charge in [-0.3, -0.25) is 4.79 Å². The minimum absolute atomic E-state index is 0.184. The second-order valence-electron chi connectivity index (χ2n) is 6.78. The number of carbonyl (C=O) groups is 1. The first-order chi connectivity index (χ1) is 13.5. The van der Waals surface area contributed by atoms with Gasteiger partial charge in [0, 0.05) is 35.7 Å². The molecule has 1 fully saturated rings. The molecule has 146 valence electrons. The third-order valence-electron chi connectivity index (χ3n) is 5.14. The Morgan fingerprint density at radius 2 is 2.04 bits per heavy atom. The lowest BCUT2D eigenvalue weighted by Crippen LogP contribution is -2.30. The highest BCUT2D eigenvalue weighted by atomic mass is 35.5. The minimum Gasteiger partial charge on any atom is -0.343 e. The molecule has 2 aromatic carbocycles. The summed E-state index contributed by atoms with van der Waals surface area (Å²) in [5, 5.41) is 0.245. The van der Waals surface area contributed by atoms with Gasteiger partial charge in [-0.1, -0.05) is 23.7 Å². The Bertz CT molecular complexity index is 950. The number of rotatable bonds is 4. The molecule has 0 atom stereocenters. The summed E-state index contributed by atoms with van der Waals surface area (Å²) in [5.74, 6) is -1.64. The number of hydrogen-bond donors (Lipinski definition) is 1. The molecule has 0 aliphatic carbocycles. The van der Waals surface area contributed by atoms with Crippen LogP contribution in [0.1, 0.15) is 23.1 Å². The number of anilines is 1. The van der Waals surface area contributed by atoms with E-state index in [9.17, 15) is 9.18 Å². The molecule has 7 heteroatoms. The van der Waals surface area contributed by atoms with Crippen LogP contribution in [0.3, 0.4) is 0 Å². The number of ether oxygens (including phenoxy) is 2. The molecule has 0 spiro atoms. The van der Waals surface area contributed by atoms with Crippen molar-refractivity contribution < 1.29 is 18.7 Å². The molecule has 0 unspecified atom stereocenters. The van der Waals surface area contributed by atoms with E-state index in [1.165, 1.54) is 23.1 Å². The summed E-state index contributed by atoms with van der Waals surface area (Å²) in [4.78, 5) is 14.4. The number of nitrogens with two attached hydrogens (primary N) is 1. The van der Waals surface area contributed by atoms with E-state index in [-0.39, 0.29) is 16.5 Å². The maximum absolute atomic E-state index is 14.3. The van der Waals surface area contributed by atoms with E-state index >= 15 is 0 Å². The number of likely N-dealkylation sites (N-methyl/N-ethyl adjacent to an activating group) is 1. The van der Waals surface area contributed by atoms with Crippen LogP contribution in [0.15, 0.2) is 36.4 Å². The molecule has 28 heavy (non-hydrogen) atoms. The van der Waals surface area contributed by atoms with Crippen LogP contribution in [0.4, 0.5) is 10.1 Å². The van der Waals surface area contributed by atoms with Crippen molar-refractivity contribution >= 4 is 34.8 Å². The van der Waals surface area contributed by atoms with Gasteiger partial charge in [0.25, 0.3) is 5.91 Å². The predicted octanol–water partition coefficient (Wildman–Crippen LogP) is 3.54. The van der Waals surface area contributed by atoms with Crippen molar-refractivity contribution in [3.8, 4) is 0 Å². The number of amides is 1. The summed E-state index contributed by atoms with van der Waals surface area (Å²) in [6.45, 7) is 1.34. The van der Waals surface area contributed by atoms with Gasteiger partial charge in [-0.25, -0.2) is 4.39 Å². The lowest BCUT2D eigenvalue weighted by atomic mass is 9.96.